The molecule has 0 bridgehead atoms. The van der Waals surface area contributed by atoms with E-state index in [9.17, 15) is 24.9 Å². The summed E-state index contributed by atoms with van der Waals surface area (Å²) in [6.07, 6.45) is -2.38. The van der Waals surface area contributed by atoms with E-state index in [1.807, 2.05) is 60.4 Å². The molecular formula is C27H39ClN6O6. The van der Waals surface area contributed by atoms with Gasteiger partial charge in [-0.05, 0) is 53.4 Å². The molecule has 0 aromatic carbocycles. The minimum Gasteiger partial charge on any atom is -0.496 e. The van der Waals surface area contributed by atoms with Crippen molar-refractivity contribution in [2.75, 3.05) is 17.0 Å². The van der Waals surface area contributed by atoms with Crippen LogP contribution in [-0.4, -0.2) is 66.2 Å². The minimum atomic E-state index is -1.77. The predicted octanol–water partition coefficient (Wildman–Crippen LogP) is 5.36. The molecule has 0 spiro atoms. The molecule has 2 aromatic heterocycles. The fraction of sp³-hybridized carbons (Fsp3) is 0.593. The Hall–Kier alpha value is -3.22. The number of amides is 2. The number of methoxy groups -OCH3 is 1. The first-order valence-corrected chi connectivity index (χ1v) is 13.3. The van der Waals surface area contributed by atoms with Crippen molar-refractivity contribution >= 4 is 35.6 Å². The number of hydrogen-bond acceptors (Lipinski definition) is 9. The first kappa shape index (κ1) is 31.3. The third-order valence-corrected chi connectivity index (χ3v) is 7.47. The molecule has 2 unspecified atom stereocenters. The number of pyridine rings is 1. The van der Waals surface area contributed by atoms with Crippen LogP contribution in [0.2, 0.25) is 5.15 Å². The molecule has 1 aliphatic heterocycles. The number of aromatic nitrogens is 3. The Balaban J connectivity index is 2.48. The summed E-state index contributed by atoms with van der Waals surface area (Å²) in [5.41, 5.74) is 0.616. The number of hydrogen-bond donors (Lipinski definition) is 3. The lowest BCUT2D eigenvalue weighted by molar-refractivity contribution is -0.0883. The zero-order chi connectivity index (χ0) is 30.5. The summed E-state index contributed by atoms with van der Waals surface area (Å²) in [5.74, 6) is 0.311. The second-order valence-corrected chi connectivity index (χ2v) is 12.5. The van der Waals surface area contributed by atoms with Crippen LogP contribution in [0, 0.1) is 19.3 Å². The highest BCUT2D eigenvalue weighted by Gasteiger charge is 2.62. The van der Waals surface area contributed by atoms with E-state index in [2.05, 4.69) is 20.0 Å². The van der Waals surface area contributed by atoms with Crippen molar-refractivity contribution in [1.29, 1.82) is 0 Å². The van der Waals surface area contributed by atoms with Crippen molar-refractivity contribution in [3.05, 3.63) is 33.7 Å². The molecule has 3 heterocycles. The average molecular weight is 579 g/mol. The fourth-order valence-electron chi connectivity index (χ4n) is 5.78. The van der Waals surface area contributed by atoms with Crippen molar-refractivity contribution in [2.45, 2.75) is 92.5 Å². The summed E-state index contributed by atoms with van der Waals surface area (Å²) in [4.78, 5) is 37.1. The van der Waals surface area contributed by atoms with E-state index < -0.39 is 40.7 Å². The predicted molar refractivity (Wildman–Crippen MR) is 151 cm³/mol. The van der Waals surface area contributed by atoms with E-state index >= 15 is 0 Å². The van der Waals surface area contributed by atoms with Crippen molar-refractivity contribution in [3.63, 3.8) is 0 Å². The van der Waals surface area contributed by atoms with E-state index in [-0.39, 0.29) is 28.8 Å². The van der Waals surface area contributed by atoms with E-state index in [4.69, 9.17) is 16.3 Å². The van der Waals surface area contributed by atoms with Gasteiger partial charge in [0.05, 0.1) is 36.6 Å². The Morgan fingerprint density at radius 3 is 2.15 bits per heavy atom. The molecule has 13 heteroatoms. The molecule has 40 heavy (non-hydrogen) atoms. The largest absolute Gasteiger partial charge is 0.496 e. The first-order chi connectivity index (χ1) is 18.3. The van der Waals surface area contributed by atoms with Gasteiger partial charge in [0.1, 0.15) is 10.9 Å². The monoisotopic (exact) mass is 578 g/mol. The van der Waals surface area contributed by atoms with Crippen LogP contribution in [-0.2, 0) is 12.1 Å². The highest BCUT2D eigenvalue weighted by atomic mass is 35.5. The van der Waals surface area contributed by atoms with Crippen LogP contribution >= 0.6 is 11.6 Å². The summed E-state index contributed by atoms with van der Waals surface area (Å²) in [5, 5.41) is 33.9. The number of fused-ring (bicyclic) bond motifs is 1. The molecule has 2 atom stereocenters. The Labute approximate surface area is 239 Å². The summed E-state index contributed by atoms with van der Waals surface area (Å²) < 4.78 is 5.63. The van der Waals surface area contributed by atoms with Crippen LogP contribution in [0.15, 0.2) is 6.20 Å². The van der Waals surface area contributed by atoms with Gasteiger partial charge in [-0.1, -0.05) is 32.4 Å². The molecular weight excluding hydrogens is 540 g/mol. The first-order valence-electron chi connectivity index (χ1n) is 12.9. The van der Waals surface area contributed by atoms with Crippen LogP contribution in [0.5, 0.6) is 5.75 Å². The van der Waals surface area contributed by atoms with Gasteiger partial charge in [0.25, 0.3) is 0 Å². The Kier molecular flexibility index (Phi) is 8.33. The quantitative estimate of drug-likeness (QED) is 0.379. The molecule has 0 radical (unpaired) electrons. The molecule has 220 valence electrons. The van der Waals surface area contributed by atoms with Crippen LogP contribution in [0.1, 0.15) is 77.3 Å². The van der Waals surface area contributed by atoms with Gasteiger partial charge >= 0.3 is 12.2 Å². The van der Waals surface area contributed by atoms with Crippen LogP contribution < -0.4 is 14.6 Å². The maximum absolute atomic E-state index is 11.9. The number of anilines is 2. The average Bonchev–Trinajstić information content (AvgIpc) is 3.06. The van der Waals surface area contributed by atoms with Gasteiger partial charge in [-0.3, -0.25) is 9.99 Å². The number of aryl methyl sites for hydroxylation is 1. The molecule has 0 fully saturated rings. The smallest absolute Gasteiger partial charge is 0.424 e. The van der Waals surface area contributed by atoms with Gasteiger partial charge in [-0.2, -0.15) is 9.97 Å². The molecule has 3 N–H and O–H groups in total. The van der Waals surface area contributed by atoms with Crippen LogP contribution in [0.4, 0.5) is 21.4 Å². The lowest BCUT2D eigenvalue weighted by atomic mass is 9.66. The van der Waals surface area contributed by atoms with Gasteiger partial charge < -0.3 is 20.1 Å². The number of imide groups is 1. The number of carboxylic acid groups (broad SMARTS) is 2. The van der Waals surface area contributed by atoms with E-state index in [1.54, 1.807) is 20.2 Å². The van der Waals surface area contributed by atoms with E-state index in [0.29, 0.717) is 17.0 Å². The number of halogens is 1. The number of rotatable bonds is 6. The topological polar surface area (TPSA) is 152 Å². The molecule has 1 aliphatic rings. The Morgan fingerprint density at radius 2 is 1.70 bits per heavy atom. The lowest BCUT2D eigenvalue weighted by Gasteiger charge is -2.55. The summed E-state index contributed by atoms with van der Waals surface area (Å²) >= 11 is 6.85. The SMILES string of the molecule is COc1c(C)cnc(CN2c3nc(N(C(=O)O)C(=O)O)nc(Cl)c3C(CC(C)O)(C(C)(C)C)N2C(C)(C)C)c1C. The zero-order valence-electron chi connectivity index (χ0n) is 24.7. The molecule has 3 rings (SSSR count). The molecule has 0 saturated carbocycles. The highest BCUT2D eigenvalue weighted by molar-refractivity contribution is 6.31. The second kappa shape index (κ2) is 10.6. The minimum absolute atomic E-state index is 0.0237. The second-order valence-electron chi connectivity index (χ2n) is 12.2. The summed E-state index contributed by atoms with van der Waals surface area (Å²) in [6, 6.07) is 0. The fourth-order valence-corrected chi connectivity index (χ4v) is 6.10. The highest BCUT2D eigenvalue weighted by Crippen LogP contribution is 2.60. The van der Waals surface area contributed by atoms with Gasteiger partial charge in [-0.25, -0.2) is 14.6 Å². The van der Waals surface area contributed by atoms with Crippen LogP contribution in [0.25, 0.3) is 0 Å². The maximum atomic E-state index is 11.9. The van der Waals surface area contributed by atoms with Crippen molar-refractivity contribution in [1.82, 2.24) is 20.0 Å². The Morgan fingerprint density at radius 1 is 1.12 bits per heavy atom. The van der Waals surface area contributed by atoms with Gasteiger partial charge in [-0.15, -0.1) is 4.90 Å². The number of aliphatic hydroxyl groups excluding tert-OH is 1. The number of aliphatic hydroxyl groups is 1. The van der Waals surface area contributed by atoms with Gasteiger partial charge in [0.2, 0.25) is 5.95 Å². The summed E-state index contributed by atoms with van der Waals surface area (Å²) in [7, 11) is 1.59. The standard InChI is InChI=1S/C27H39ClN6O6/c1-14-12-29-17(16(3)19(14)40-10)13-32-21-18(20(28)30-22(31-21)33(23(36)37)24(38)39)27(11-15(2)35,25(4,5)6)34(32)26(7,8)9/h12,15,35H,11,13H2,1-10H3,(H,36,37)(H,38,39). The molecule has 0 aliphatic carbocycles. The van der Waals surface area contributed by atoms with Crippen molar-refractivity contribution < 1.29 is 29.6 Å². The number of carbonyl (C=O) groups is 2. The lowest BCUT2D eigenvalue weighted by Crippen LogP contribution is -2.64. The van der Waals surface area contributed by atoms with Crippen molar-refractivity contribution in [2.24, 2.45) is 5.41 Å². The van der Waals surface area contributed by atoms with Gasteiger partial charge in [0, 0.05) is 22.9 Å². The normalized spacial score (nSPS) is 18.4. The molecule has 12 nitrogen and oxygen atoms in total. The molecule has 2 amide bonds. The van der Waals surface area contributed by atoms with Gasteiger partial charge in [0.15, 0.2) is 5.82 Å². The van der Waals surface area contributed by atoms with E-state index in [1.165, 1.54) is 0 Å². The zero-order valence-corrected chi connectivity index (χ0v) is 25.5. The van der Waals surface area contributed by atoms with E-state index in [0.717, 1.165) is 11.1 Å². The number of ether oxygens (including phenoxy) is 1. The number of hydrazine groups is 1. The van der Waals surface area contributed by atoms with Crippen molar-refractivity contribution in [3.8, 4) is 5.75 Å². The maximum Gasteiger partial charge on any atom is 0.424 e. The van der Waals surface area contributed by atoms with Crippen LogP contribution in [0.3, 0.4) is 0 Å². The third kappa shape index (κ3) is 5.15. The molecule has 0 saturated heterocycles. The third-order valence-electron chi connectivity index (χ3n) is 7.19. The molecule has 2 aromatic rings. The number of nitrogens with zero attached hydrogens (tertiary/aromatic N) is 6. The Bertz CT molecular complexity index is 1310. The summed E-state index contributed by atoms with van der Waals surface area (Å²) in [6.45, 7) is 17.7.